The molecule has 0 bridgehead atoms. The molecule has 1 N–H and O–H groups in total. The molecule has 3 nitrogen and oxygen atoms in total. The van der Waals surface area contributed by atoms with E-state index >= 15 is 0 Å². The third-order valence-electron chi connectivity index (χ3n) is 3.91. The first-order chi connectivity index (χ1) is 8.67. The lowest BCUT2D eigenvalue weighted by atomic mass is 9.94. The number of benzene rings is 1. The van der Waals surface area contributed by atoms with E-state index in [1.54, 1.807) is 0 Å². The molecule has 1 atom stereocenters. The molecule has 0 unspecified atom stereocenters. The summed E-state index contributed by atoms with van der Waals surface area (Å²) in [5.41, 5.74) is 4.24. The maximum atomic E-state index is 3.55. The van der Waals surface area contributed by atoms with Crippen LogP contribution in [0.2, 0.25) is 0 Å². The third-order valence-corrected chi connectivity index (χ3v) is 3.91. The van der Waals surface area contributed by atoms with Crippen LogP contribution in [-0.2, 0) is 6.54 Å². The molecular weight excluding hydrogens is 222 g/mol. The van der Waals surface area contributed by atoms with Gasteiger partial charge < -0.3 is 10.2 Å². The van der Waals surface area contributed by atoms with E-state index in [4.69, 9.17) is 0 Å². The van der Waals surface area contributed by atoms with Crippen molar-refractivity contribution in [1.82, 2.24) is 10.2 Å². The predicted octanol–water partition coefficient (Wildman–Crippen LogP) is 2.24. The second kappa shape index (κ2) is 5.72. The highest BCUT2D eigenvalue weighted by Gasteiger charge is 2.24. The van der Waals surface area contributed by atoms with Gasteiger partial charge in [-0.25, -0.2) is 0 Å². The van der Waals surface area contributed by atoms with Gasteiger partial charge in [0.2, 0.25) is 0 Å². The molecule has 0 amide bonds. The van der Waals surface area contributed by atoms with Crippen molar-refractivity contribution in [3.8, 4) is 0 Å². The molecule has 0 saturated heterocycles. The maximum Gasteiger partial charge on any atom is 0.0475 e. The Kier molecular flexibility index (Phi) is 4.25. The minimum absolute atomic E-state index is 0.528. The molecular formula is C15H25N3. The van der Waals surface area contributed by atoms with Crippen LogP contribution in [0.25, 0.3) is 0 Å². The molecule has 1 aliphatic heterocycles. The molecule has 100 valence electrons. The number of rotatable bonds is 4. The SMILES string of the molecule is CCN(CC)[C@@H]1CNCc2cc(N(C)C)ccc21. The number of nitrogens with zero attached hydrogens (tertiary/aromatic N) is 2. The number of nitrogens with one attached hydrogen (secondary N) is 1. The number of anilines is 1. The Labute approximate surface area is 111 Å². The molecule has 0 spiro atoms. The third kappa shape index (κ3) is 2.52. The van der Waals surface area contributed by atoms with Gasteiger partial charge in [-0.1, -0.05) is 19.9 Å². The molecule has 1 heterocycles. The molecule has 2 rings (SSSR count). The van der Waals surface area contributed by atoms with E-state index in [1.165, 1.54) is 16.8 Å². The van der Waals surface area contributed by atoms with Crippen molar-refractivity contribution >= 4 is 5.69 Å². The lowest BCUT2D eigenvalue weighted by Crippen LogP contribution is -2.39. The number of hydrogen-bond donors (Lipinski definition) is 1. The Balaban J connectivity index is 2.32. The van der Waals surface area contributed by atoms with Gasteiger partial charge in [-0.2, -0.15) is 0 Å². The summed E-state index contributed by atoms with van der Waals surface area (Å²) in [6.07, 6.45) is 0. The van der Waals surface area contributed by atoms with Crippen molar-refractivity contribution in [2.45, 2.75) is 26.4 Å². The molecule has 1 aliphatic rings. The second-order valence-corrected chi connectivity index (χ2v) is 5.15. The van der Waals surface area contributed by atoms with Crippen molar-refractivity contribution < 1.29 is 0 Å². The highest BCUT2D eigenvalue weighted by Crippen LogP contribution is 2.29. The fourth-order valence-electron chi connectivity index (χ4n) is 2.79. The van der Waals surface area contributed by atoms with E-state index in [2.05, 4.69) is 61.3 Å². The average molecular weight is 247 g/mol. The van der Waals surface area contributed by atoms with Crippen molar-refractivity contribution in [3.05, 3.63) is 29.3 Å². The van der Waals surface area contributed by atoms with Gasteiger partial charge in [0.05, 0.1) is 0 Å². The first kappa shape index (κ1) is 13.4. The van der Waals surface area contributed by atoms with E-state index in [1.807, 2.05) is 0 Å². The molecule has 1 aromatic carbocycles. The molecule has 18 heavy (non-hydrogen) atoms. The van der Waals surface area contributed by atoms with Crippen LogP contribution in [0.3, 0.4) is 0 Å². The van der Waals surface area contributed by atoms with Crippen LogP contribution in [0.1, 0.15) is 31.0 Å². The molecule has 0 aliphatic carbocycles. The quantitative estimate of drug-likeness (QED) is 0.880. The summed E-state index contributed by atoms with van der Waals surface area (Å²) in [7, 11) is 4.19. The normalized spacial score (nSPS) is 18.8. The Morgan fingerprint density at radius 1 is 1.22 bits per heavy atom. The Morgan fingerprint density at radius 2 is 1.94 bits per heavy atom. The largest absolute Gasteiger partial charge is 0.378 e. The first-order valence-electron chi connectivity index (χ1n) is 6.92. The van der Waals surface area contributed by atoms with E-state index < -0.39 is 0 Å². The van der Waals surface area contributed by atoms with E-state index in [0.29, 0.717) is 6.04 Å². The summed E-state index contributed by atoms with van der Waals surface area (Å²) in [4.78, 5) is 4.70. The second-order valence-electron chi connectivity index (χ2n) is 5.15. The van der Waals surface area contributed by atoms with Crippen LogP contribution in [0, 0.1) is 0 Å². The highest BCUT2D eigenvalue weighted by molar-refractivity contribution is 5.51. The number of hydrogen-bond acceptors (Lipinski definition) is 3. The van der Waals surface area contributed by atoms with E-state index in [0.717, 1.165) is 26.2 Å². The minimum atomic E-state index is 0.528. The monoisotopic (exact) mass is 247 g/mol. The van der Waals surface area contributed by atoms with Gasteiger partial charge in [-0.3, -0.25) is 4.90 Å². The smallest absolute Gasteiger partial charge is 0.0475 e. The van der Waals surface area contributed by atoms with Gasteiger partial charge in [0.15, 0.2) is 0 Å². The van der Waals surface area contributed by atoms with Gasteiger partial charge in [-0.05, 0) is 36.3 Å². The zero-order valence-corrected chi connectivity index (χ0v) is 12.0. The summed E-state index contributed by atoms with van der Waals surface area (Å²) < 4.78 is 0. The highest BCUT2D eigenvalue weighted by atomic mass is 15.2. The summed E-state index contributed by atoms with van der Waals surface area (Å²) in [6, 6.07) is 7.40. The molecule has 0 radical (unpaired) electrons. The molecule has 3 heteroatoms. The average Bonchev–Trinajstić information content (AvgIpc) is 2.39. The maximum absolute atomic E-state index is 3.55. The molecule has 0 aromatic heterocycles. The van der Waals surface area contributed by atoms with Crippen molar-refractivity contribution in [2.24, 2.45) is 0 Å². The van der Waals surface area contributed by atoms with Gasteiger partial charge >= 0.3 is 0 Å². The van der Waals surface area contributed by atoms with Crippen LogP contribution in [-0.4, -0.2) is 38.6 Å². The summed E-state index contributed by atoms with van der Waals surface area (Å²) in [5, 5.41) is 3.55. The van der Waals surface area contributed by atoms with Crippen molar-refractivity contribution in [2.75, 3.05) is 38.6 Å². The van der Waals surface area contributed by atoms with E-state index in [9.17, 15) is 0 Å². The number of likely N-dealkylation sites (N-methyl/N-ethyl adjacent to an activating group) is 1. The van der Waals surface area contributed by atoms with Gasteiger partial charge in [0.25, 0.3) is 0 Å². The zero-order valence-electron chi connectivity index (χ0n) is 12.0. The van der Waals surface area contributed by atoms with Gasteiger partial charge in [0.1, 0.15) is 0 Å². The fraction of sp³-hybridized carbons (Fsp3) is 0.600. The predicted molar refractivity (Wildman–Crippen MR) is 78.1 cm³/mol. The van der Waals surface area contributed by atoms with Gasteiger partial charge in [0, 0.05) is 38.9 Å². The van der Waals surface area contributed by atoms with Crippen LogP contribution in [0.4, 0.5) is 5.69 Å². The Hall–Kier alpha value is -1.06. The summed E-state index contributed by atoms with van der Waals surface area (Å²) in [6.45, 7) is 8.76. The summed E-state index contributed by atoms with van der Waals surface area (Å²) >= 11 is 0. The summed E-state index contributed by atoms with van der Waals surface area (Å²) in [5.74, 6) is 0. The zero-order chi connectivity index (χ0) is 13.1. The number of fused-ring (bicyclic) bond motifs is 1. The van der Waals surface area contributed by atoms with Crippen molar-refractivity contribution in [3.63, 3.8) is 0 Å². The first-order valence-corrected chi connectivity index (χ1v) is 6.92. The van der Waals surface area contributed by atoms with Gasteiger partial charge in [-0.15, -0.1) is 0 Å². The molecule has 0 fully saturated rings. The molecule has 0 saturated carbocycles. The van der Waals surface area contributed by atoms with Crippen LogP contribution in [0.15, 0.2) is 18.2 Å². The van der Waals surface area contributed by atoms with Crippen molar-refractivity contribution in [1.29, 1.82) is 0 Å². The molecule has 1 aromatic rings. The Bertz CT molecular complexity index is 397. The van der Waals surface area contributed by atoms with Crippen LogP contribution >= 0.6 is 0 Å². The van der Waals surface area contributed by atoms with E-state index in [-0.39, 0.29) is 0 Å². The van der Waals surface area contributed by atoms with Crippen LogP contribution < -0.4 is 10.2 Å². The Morgan fingerprint density at radius 3 is 2.56 bits per heavy atom. The lowest BCUT2D eigenvalue weighted by Gasteiger charge is -2.35. The topological polar surface area (TPSA) is 18.5 Å². The minimum Gasteiger partial charge on any atom is -0.378 e. The fourth-order valence-corrected chi connectivity index (χ4v) is 2.79. The van der Waals surface area contributed by atoms with Crippen LogP contribution in [0.5, 0.6) is 0 Å². The lowest BCUT2D eigenvalue weighted by molar-refractivity contribution is 0.204. The standard InChI is InChI=1S/C15H25N3/c1-5-18(6-2)15-11-16-10-12-9-13(17(3)4)7-8-14(12)15/h7-9,15-16H,5-6,10-11H2,1-4H3/t15-/m1/s1.